The van der Waals surface area contributed by atoms with Crippen molar-refractivity contribution in [2.45, 2.75) is 56.8 Å². The maximum Gasteiger partial charge on any atom is 0.260 e. The SMILES string of the molecule is O=C(COc1ccccc1)N1CCCC(c2nnc(C3CCCCC3)o2)C1. The third kappa shape index (κ3) is 4.49. The van der Waals surface area contributed by atoms with Crippen molar-refractivity contribution >= 4 is 5.91 Å². The van der Waals surface area contributed by atoms with Crippen LogP contribution >= 0.6 is 0 Å². The van der Waals surface area contributed by atoms with Gasteiger partial charge in [0.05, 0.1) is 5.92 Å². The summed E-state index contributed by atoms with van der Waals surface area (Å²) in [5.74, 6) is 2.76. The summed E-state index contributed by atoms with van der Waals surface area (Å²) in [5, 5.41) is 8.63. The summed E-state index contributed by atoms with van der Waals surface area (Å²) in [7, 11) is 0. The first-order valence-electron chi connectivity index (χ1n) is 10.1. The van der Waals surface area contributed by atoms with Crippen molar-refractivity contribution in [3.05, 3.63) is 42.1 Å². The number of piperidine rings is 1. The number of ether oxygens (including phenoxy) is 1. The van der Waals surface area contributed by atoms with Crippen LogP contribution in [-0.2, 0) is 4.79 Å². The number of para-hydroxylation sites is 1. The van der Waals surface area contributed by atoms with Gasteiger partial charge in [-0.2, -0.15) is 0 Å². The van der Waals surface area contributed by atoms with Crippen molar-refractivity contribution in [1.82, 2.24) is 15.1 Å². The van der Waals surface area contributed by atoms with Gasteiger partial charge < -0.3 is 14.1 Å². The van der Waals surface area contributed by atoms with Crippen molar-refractivity contribution in [3.8, 4) is 5.75 Å². The van der Waals surface area contributed by atoms with Gasteiger partial charge in [-0.15, -0.1) is 10.2 Å². The molecule has 6 heteroatoms. The average Bonchev–Trinajstić information content (AvgIpc) is 3.24. The van der Waals surface area contributed by atoms with Crippen molar-refractivity contribution in [2.24, 2.45) is 0 Å². The molecule has 0 radical (unpaired) electrons. The lowest BCUT2D eigenvalue weighted by atomic mass is 9.89. The minimum absolute atomic E-state index is 0.00979. The highest BCUT2D eigenvalue weighted by molar-refractivity contribution is 5.78. The summed E-state index contributed by atoms with van der Waals surface area (Å²) in [6, 6.07) is 9.44. The van der Waals surface area contributed by atoms with Crippen molar-refractivity contribution < 1.29 is 13.9 Å². The molecule has 2 fully saturated rings. The standard InChI is InChI=1S/C21H27N3O3/c25-19(15-26-18-11-5-2-6-12-18)24-13-7-10-17(14-24)21-23-22-20(27-21)16-8-3-1-4-9-16/h2,5-6,11-12,16-17H,1,3-4,7-10,13-15H2. The van der Waals surface area contributed by atoms with E-state index in [9.17, 15) is 4.79 Å². The summed E-state index contributed by atoms with van der Waals surface area (Å²) < 4.78 is 11.6. The second-order valence-corrected chi connectivity index (χ2v) is 7.59. The second kappa shape index (κ2) is 8.55. The molecule has 1 aliphatic heterocycles. The van der Waals surface area contributed by atoms with Crippen LogP contribution in [0.5, 0.6) is 5.75 Å². The highest BCUT2D eigenvalue weighted by Crippen LogP contribution is 2.34. The van der Waals surface area contributed by atoms with Gasteiger partial charge >= 0.3 is 0 Å². The quantitative estimate of drug-likeness (QED) is 0.799. The van der Waals surface area contributed by atoms with Gasteiger partial charge in [-0.25, -0.2) is 0 Å². The molecule has 2 aliphatic rings. The highest BCUT2D eigenvalue weighted by Gasteiger charge is 2.30. The van der Waals surface area contributed by atoms with E-state index < -0.39 is 0 Å². The summed E-state index contributed by atoms with van der Waals surface area (Å²) >= 11 is 0. The van der Waals surface area contributed by atoms with Crippen LogP contribution in [0.2, 0.25) is 0 Å². The number of amides is 1. The first-order valence-corrected chi connectivity index (χ1v) is 10.1. The van der Waals surface area contributed by atoms with Gasteiger partial charge in [0, 0.05) is 19.0 Å². The lowest BCUT2D eigenvalue weighted by Crippen LogP contribution is -2.41. The summed E-state index contributed by atoms with van der Waals surface area (Å²) in [4.78, 5) is 14.4. The Morgan fingerprint density at radius 2 is 1.70 bits per heavy atom. The predicted molar refractivity (Wildman–Crippen MR) is 101 cm³/mol. The maximum atomic E-state index is 12.5. The molecule has 2 aromatic rings. The normalized spacial score (nSPS) is 21.2. The van der Waals surface area contributed by atoms with Crippen LogP contribution in [-0.4, -0.2) is 40.7 Å². The monoisotopic (exact) mass is 369 g/mol. The van der Waals surface area contributed by atoms with Gasteiger partial charge in [-0.3, -0.25) is 4.79 Å². The van der Waals surface area contributed by atoms with Crippen molar-refractivity contribution in [2.75, 3.05) is 19.7 Å². The number of aromatic nitrogens is 2. The molecule has 0 bridgehead atoms. The number of hydrogen-bond donors (Lipinski definition) is 0. The zero-order valence-corrected chi connectivity index (χ0v) is 15.7. The van der Waals surface area contributed by atoms with Gasteiger partial charge in [0.2, 0.25) is 11.8 Å². The third-order valence-corrected chi connectivity index (χ3v) is 5.64. The van der Waals surface area contributed by atoms with Crippen LogP contribution in [0, 0.1) is 0 Å². The lowest BCUT2D eigenvalue weighted by Gasteiger charge is -2.31. The smallest absolute Gasteiger partial charge is 0.260 e. The zero-order valence-electron chi connectivity index (χ0n) is 15.7. The fraction of sp³-hybridized carbons (Fsp3) is 0.571. The second-order valence-electron chi connectivity index (χ2n) is 7.59. The van der Waals surface area contributed by atoms with Crippen LogP contribution in [0.3, 0.4) is 0 Å². The number of rotatable bonds is 5. The molecule has 2 heterocycles. The van der Waals surface area contributed by atoms with E-state index in [4.69, 9.17) is 9.15 Å². The molecule has 1 saturated carbocycles. The largest absolute Gasteiger partial charge is 0.484 e. The van der Waals surface area contributed by atoms with E-state index in [0.29, 0.717) is 24.1 Å². The molecule has 0 N–H and O–H groups in total. The lowest BCUT2D eigenvalue weighted by molar-refractivity contribution is -0.134. The number of carbonyl (C=O) groups is 1. The third-order valence-electron chi connectivity index (χ3n) is 5.64. The molecule has 1 aliphatic carbocycles. The van der Waals surface area contributed by atoms with Crippen LogP contribution in [0.15, 0.2) is 34.7 Å². The molecule has 144 valence electrons. The summed E-state index contributed by atoms with van der Waals surface area (Å²) in [6.45, 7) is 1.45. The van der Waals surface area contributed by atoms with E-state index in [1.807, 2.05) is 35.2 Å². The van der Waals surface area contributed by atoms with Gasteiger partial charge in [-0.1, -0.05) is 37.5 Å². The number of likely N-dealkylation sites (tertiary alicyclic amines) is 1. The van der Waals surface area contributed by atoms with E-state index >= 15 is 0 Å². The Morgan fingerprint density at radius 3 is 2.48 bits per heavy atom. The minimum atomic E-state index is 0.00979. The molecule has 4 rings (SSSR count). The average molecular weight is 369 g/mol. The summed E-state index contributed by atoms with van der Waals surface area (Å²) in [6.07, 6.45) is 8.02. The molecule has 1 aromatic carbocycles. The molecular weight excluding hydrogens is 342 g/mol. The summed E-state index contributed by atoms with van der Waals surface area (Å²) in [5.41, 5.74) is 0. The van der Waals surface area contributed by atoms with Crippen molar-refractivity contribution in [3.63, 3.8) is 0 Å². The van der Waals surface area contributed by atoms with E-state index in [2.05, 4.69) is 10.2 Å². The Bertz CT molecular complexity index is 740. The molecule has 1 aromatic heterocycles. The Kier molecular flexibility index (Phi) is 5.70. The molecule has 6 nitrogen and oxygen atoms in total. The number of nitrogens with zero attached hydrogens (tertiary/aromatic N) is 3. The first kappa shape index (κ1) is 18.0. The van der Waals surface area contributed by atoms with Gasteiger partial charge in [0.1, 0.15) is 5.75 Å². The van der Waals surface area contributed by atoms with Crippen LogP contribution in [0.25, 0.3) is 0 Å². The molecule has 1 unspecified atom stereocenters. The Balaban J connectivity index is 1.33. The Labute approximate surface area is 159 Å². The molecule has 1 saturated heterocycles. The van der Waals surface area contributed by atoms with E-state index in [0.717, 1.165) is 38.1 Å². The molecule has 0 spiro atoms. The fourth-order valence-corrected chi connectivity index (χ4v) is 4.08. The van der Waals surface area contributed by atoms with Crippen LogP contribution in [0.1, 0.15) is 68.6 Å². The first-order chi connectivity index (χ1) is 13.3. The zero-order chi connectivity index (χ0) is 18.5. The van der Waals surface area contributed by atoms with Crippen LogP contribution < -0.4 is 4.74 Å². The fourth-order valence-electron chi connectivity index (χ4n) is 4.08. The highest BCUT2D eigenvalue weighted by atomic mass is 16.5. The molecule has 1 atom stereocenters. The number of hydrogen-bond acceptors (Lipinski definition) is 5. The van der Waals surface area contributed by atoms with Crippen molar-refractivity contribution in [1.29, 1.82) is 0 Å². The molecular formula is C21H27N3O3. The van der Waals surface area contributed by atoms with Gasteiger partial charge in [0.15, 0.2) is 6.61 Å². The van der Waals surface area contributed by atoms with E-state index in [-0.39, 0.29) is 18.4 Å². The van der Waals surface area contributed by atoms with Gasteiger partial charge in [0.25, 0.3) is 5.91 Å². The Hall–Kier alpha value is -2.37. The number of carbonyl (C=O) groups excluding carboxylic acids is 1. The van der Waals surface area contributed by atoms with Crippen LogP contribution in [0.4, 0.5) is 0 Å². The number of benzene rings is 1. The van der Waals surface area contributed by atoms with E-state index in [1.165, 1.54) is 19.3 Å². The van der Waals surface area contributed by atoms with Gasteiger partial charge in [-0.05, 0) is 37.8 Å². The maximum absolute atomic E-state index is 12.5. The molecule has 27 heavy (non-hydrogen) atoms. The topological polar surface area (TPSA) is 68.5 Å². The Morgan fingerprint density at radius 1 is 1.00 bits per heavy atom. The minimum Gasteiger partial charge on any atom is -0.484 e. The molecule has 1 amide bonds. The predicted octanol–water partition coefficient (Wildman–Crippen LogP) is 3.90. The van der Waals surface area contributed by atoms with E-state index in [1.54, 1.807) is 0 Å².